The van der Waals surface area contributed by atoms with Gasteiger partial charge in [-0.3, -0.25) is 4.79 Å². The van der Waals surface area contributed by atoms with Crippen LogP contribution in [0.25, 0.3) is 0 Å². The second-order valence-corrected chi connectivity index (χ2v) is 7.43. The predicted molar refractivity (Wildman–Crippen MR) is 110 cm³/mol. The minimum absolute atomic E-state index is 0.0725. The van der Waals surface area contributed by atoms with Crippen molar-refractivity contribution in [3.05, 3.63) is 64.2 Å². The average Bonchev–Trinajstić information content (AvgIpc) is 2.71. The van der Waals surface area contributed by atoms with Crippen molar-refractivity contribution < 1.29 is 9.53 Å². The summed E-state index contributed by atoms with van der Waals surface area (Å²) in [5.41, 5.74) is 6.58. The number of carbonyl (C=O) groups is 1. The third-order valence-corrected chi connectivity index (χ3v) is 5.51. The molecule has 1 aliphatic carbocycles. The molecule has 1 amide bonds. The largest absolute Gasteiger partial charge is 0.481 e. The van der Waals surface area contributed by atoms with Gasteiger partial charge in [0.2, 0.25) is 0 Å². The SMILES string of the molecule is CCc1ccc(CC)c(CNC(=O)[C@H](C)Oc2ccc3c(c2)CCCC3)c1. The highest BCUT2D eigenvalue weighted by atomic mass is 16.5. The Morgan fingerprint density at radius 2 is 1.78 bits per heavy atom. The summed E-state index contributed by atoms with van der Waals surface area (Å²) in [5, 5.41) is 3.04. The van der Waals surface area contributed by atoms with Gasteiger partial charge in [-0.1, -0.05) is 38.1 Å². The summed E-state index contributed by atoms with van der Waals surface area (Å²) >= 11 is 0. The van der Waals surface area contributed by atoms with Crippen LogP contribution in [0.2, 0.25) is 0 Å². The van der Waals surface area contributed by atoms with Crippen LogP contribution in [0.5, 0.6) is 5.75 Å². The highest BCUT2D eigenvalue weighted by molar-refractivity contribution is 5.80. The van der Waals surface area contributed by atoms with Crippen LogP contribution >= 0.6 is 0 Å². The molecule has 0 bridgehead atoms. The molecule has 0 aliphatic heterocycles. The fraction of sp³-hybridized carbons (Fsp3) is 0.458. The normalized spacial score (nSPS) is 14.3. The van der Waals surface area contributed by atoms with Crippen LogP contribution in [-0.4, -0.2) is 12.0 Å². The van der Waals surface area contributed by atoms with E-state index in [1.807, 2.05) is 13.0 Å². The fourth-order valence-corrected chi connectivity index (χ4v) is 3.78. The number of benzene rings is 2. The first-order valence-corrected chi connectivity index (χ1v) is 10.3. The molecule has 1 N–H and O–H groups in total. The van der Waals surface area contributed by atoms with E-state index in [-0.39, 0.29) is 5.91 Å². The van der Waals surface area contributed by atoms with Crippen LogP contribution in [0.4, 0.5) is 0 Å². The van der Waals surface area contributed by atoms with E-state index in [0.29, 0.717) is 6.54 Å². The summed E-state index contributed by atoms with van der Waals surface area (Å²) in [4.78, 5) is 12.5. The smallest absolute Gasteiger partial charge is 0.261 e. The van der Waals surface area contributed by atoms with Gasteiger partial charge in [-0.15, -0.1) is 0 Å². The maximum absolute atomic E-state index is 12.5. The van der Waals surface area contributed by atoms with E-state index in [2.05, 4.69) is 49.5 Å². The number of rotatable bonds is 7. The topological polar surface area (TPSA) is 38.3 Å². The number of nitrogens with one attached hydrogen (secondary N) is 1. The van der Waals surface area contributed by atoms with Gasteiger partial charge in [0, 0.05) is 6.54 Å². The van der Waals surface area contributed by atoms with Crippen molar-refractivity contribution in [3.8, 4) is 5.75 Å². The molecule has 0 saturated heterocycles. The summed E-state index contributed by atoms with van der Waals surface area (Å²) in [6.45, 7) is 6.66. The van der Waals surface area contributed by atoms with E-state index in [1.165, 1.54) is 40.7 Å². The number of aryl methyl sites for hydroxylation is 4. The lowest BCUT2D eigenvalue weighted by Crippen LogP contribution is -2.36. The summed E-state index contributed by atoms with van der Waals surface area (Å²) in [6.07, 6.45) is 6.24. The molecule has 3 heteroatoms. The number of carbonyl (C=O) groups excluding carboxylic acids is 1. The van der Waals surface area contributed by atoms with Crippen molar-refractivity contribution in [3.63, 3.8) is 0 Å². The van der Waals surface area contributed by atoms with Gasteiger partial charge in [-0.25, -0.2) is 0 Å². The number of hydrogen-bond acceptors (Lipinski definition) is 2. The molecular weight excluding hydrogens is 334 g/mol. The van der Waals surface area contributed by atoms with Crippen molar-refractivity contribution in [2.45, 2.75) is 71.9 Å². The third-order valence-electron chi connectivity index (χ3n) is 5.51. The van der Waals surface area contributed by atoms with E-state index in [0.717, 1.165) is 31.4 Å². The molecule has 3 nitrogen and oxygen atoms in total. The Labute approximate surface area is 163 Å². The molecule has 0 aromatic heterocycles. The lowest BCUT2D eigenvalue weighted by molar-refractivity contribution is -0.127. The van der Waals surface area contributed by atoms with E-state index in [4.69, 9.17) is 4.74 Å². The molecule has 0 radical (unpaired) electrons. The second-order valence-electron chi connectivity index (χ2n) is 7.43. The van der Waals surface area contributed by atoms with Gasteiger partial charge in [0.1, 0.15) is 5.75 Å². The molecule has 0 unspecified atom stereocenters. The zero-order valence-electron chi connectivity index (χ0n) is 16.8. The monoisotopic (exact) mass is 365 g/mol. The van der Waals surface area contributed by atoms with Gasteiger partial charge < -0.3 is 10.1 Å². The molecule has 144 valence electrons. The standard InChI is InChI=1S/C24H31NO2/c1-4-18-10-11-19(5-2)22(14-18)16-25-24(26)17(3)27-23-13-12-20-8-6-7-9-21(20)15-23/h10-15,17H,4-9,16H2,1-3H3,(H,25,26)/t17-/m0/s1. The van der Waals surface area contributed by atoms with Crippen molar-refractivity contribution in [2.75, 3.05) is 0 Å². The third kappa shape index (κ3) is 4.91. The number of hydrogen-bond donors (Lipinski definition) is 1. The molecule has 0 spiro atoms. The van der Waals surface area contributed by atoms with Gasteiger partial charge >= 0.3 is 0 Å². The van der Waals surface area contributed by atoms with Gasteiger partial charge in [-0.05, 0) is 85.4 Å². The number of amides is 1. The van der Waals surface area contributed by atoms with Crippen LogP contribution < -0.4 is 10.1 Å². The predicted octanol–water partition coefficient (Wildman–Crippen LogP) is 4.77. The van der Waals surface area contributed by atoms with Crippen molar-refractivity contribution in [1.29, 1.82) is 0 Å². The van der Waals surface area contributed by atoms with Gasteiger partial charge in [0.15, 0.2) is 6.10 Å². The Hall–Kier alpha value is -2.29. The first-order valence-electron chi connectivity index (χ1n) is 10.3. The molecule has 1 aliphatic rings. The Morgan fingerprint density at radius 3 is 2.52 bits per heavy atom. The average molecular weight is 366 g/mol. The minimum Gasteiger partial charge on any atom is -0.481 e. The first kappa shape index (κ1) is 19.5. The van der Waals surface area contributed by atoms with E-state index < -0.39 is 6.10 Å². The Bertz CT molecular complexity index is 797. The minimum atomic E-state index is -0.508. The summed E-state index contributed by atoms with van der Waals surface area (Å²) in [6, 6.07) is 12.8. The zero-order chi connectivity index (χ0) is 19.2. The van der Waals surface area contributed by atoms with Crippen LogP contribution in [0.3, 0.4) is 0 Å². The molecule has 0 heterocycles. The highest BCUT2D eigenvalue weighted by Crippen LogP contribution is 2.26. The molecule has 27 heavy (non-hydrogen) atoms. The first-order chi connectivity index (χ1) is 13.1. The molecule has 2 aromatic carbocycles. The molecule has 0 saturated carbocycles. The van der Waals surface area contributed by atoms with Crippen LogP contribution in [-0.2, 0) is 37.0 Å². The zero-order valence-corrected chi connectivity index (χ0v) is 16.8. The quantitative estimate of drug-likeness (QED) is 0.767. The molecule has 1 atom stereocenters. The molecular formula is C24H31NO2. The van der Waals surface area contributed by atoms with Crippen molar-refractivity contribution in [2.24, 2.45) is 0 Å². The van der Waals surface area contributed by atoms with Crippen LogP contribution in [0, 0.1) is 0 Å². The highest BCUT2D eigenvalue weighted by Gasteiger charge is 2.16. The summed E-state index contributed by atoms with van der Waals surface area (Å²) in [5.74, 6) is 0.720. The lowest BCUT2D eigenvalue weighted by Gasteiger charge is -2.19. The van der Waals surface area contributed by atoms with Crippen molar-refractivity contribution in [1.82, 2.24) is 5.32 Å². The molecule has 3 rings (SSSR count). The molecule has 2 aromatic rings. The van der Waals surface area contributed by atoms with E-state index in [1.54, 1.807) is 0 Å². The maximum Gasteiger partial charge on any atom is 0.261 e. The van der Waals surface area contributed by atoms with Gasteiger partial charge in [-0.2, -0.15) is 0 Å². The maximum atomic E-state index is 12.5. The summed E-state index contributed by atoms with van der Waals surface area (Å²) in [7, 11) is 0. The fourth-order valence-electron chi connectivity index (χ4n) is 3.78. The molecule has 0 fully saturated rings. The summed E-state index contributed by atoms with van der Waals surface area (Å²) < 4.78 is 5.92. The number of ether oxygens (including phenoxy) is 1. The number of fused-ring (bicyclic) bond motifs is 1. The Balaban J connectivity index is 1.60. The van der Waals surface area contributed by atoms with Gasteiger partial charge in [0.25, 0.3) is 5.91 Å². The van der Waals surface area contributed by atoms with Gasteiger partial charge in [0.05, 0.1) is 0 Å². The second kappa shape index (κ2) is 9.07. The van der Waals surface area contributed by atoms with Crippen LogP contribution in [0.1, 0.15) is 61.4 Å². The van der Waals surface area contributed by atoms with E-state index >= 15 is 0 Å². The Morgan fingerprint density at radius 1 is 1.00 bits per heavy atom. The van der Waals surface area contributed by atoms with Crippen molar-refractivity contribution >= 4 is 5.91 Å². The Kier molecular flexibility index (Phi) is 6.54. The van der Waals surface area contributed by atoms with Crippen LogP contribution in [0.15, 0.2) is 36.4 Å². The van der Waals surface area contributed by atoms with E-state index in [9.17, 15) is 4.79 Å². The lowest BCUT2D eigenvalue weighted by atomic mass is 9.92.